The maximum absolute atomic E-state index is 9.12. The first-order chi connectivity index (χ1) is 11.5. The molecule has 2 N–H and O–H groups in total. The third-order valence-corrected chi connectivity index (χ3v) is 4.80. The van der Waals surface area contributed by atoms with Crippen molar-refractivity contribution in [2.75, 3.05) is 6.61 Å². The van der Waals surface area contributed by atoms with Gasteiger partial charge in [-0.3, -0.25) is 4.68 Å². The lowest BCUT2D eigenvalue weighted by atomic mass is 10.1. The van der Waals surface area contributed by atoms with E-state index in [1.54, 1.807) is 0 Å². The maximum atomic E-state index is 9.12. The Labute approximate surface area is 143 Å². The lowest BCUT2D eigenvalue weighted by Crippen LogP contribution is -2.37. The van der Waals surface area contributed by atoms with Crippen LogP contribution in [0.1, 0.15) is 54.8 Å². The summed E-state index contributed by atoms with van der Waals surface area (Å²) in [5, 5.41) is 21.9. The Hall–Kier alpha value is -1.73. The first-order valence-corrected chi connectivity index (χ1v) is 8.80. The highest BCUT2D eigenvalue weighted by Crippen LogP contribution is 2.18. The minimum Gasteiger partial charge on any atom is -0.394 e. The molecule has 7 nitrogen and oxygen atoms in total. The van der Waals surface area contributed by atoms with Crippen LogP contribution in [0.25, 0.3) is 0 Å². The number of rotatable bonds is 6. The summed E-state index contributed by atoms with van der Waals surface area (Å²) in [6.07, 6.45) is 2.05. The third-order valence-electron chi connectivity index (χ3n) is 4.80. The molecule has 1 aliphatic rings. The number of fused-ring (bicyclic) bond motifs is 1. The molecular formula is C17H28N6O. The molecule has 0 saturated carbocycles. The van der Waals surface area contributed by atoms with Crippen molar-refractivity contribution in [2.45, 2.75) is 72.1 Å². The molecule has 2 aromatic heterocycles. The Morgan fingerprint density at radius 3 is 2.79 bits per heavy atom. The van der Waals surface area contributed by atoms with E-state index in [2.05, 4.69) is 46.0 Å². The molecule has 1 aliphatic heterocycles. The first kappa shape index (κ1) is 17.1. The molecule has 0 bridgehead atoms. The standard InChI is InChI=1S/C17H28N6O/c1-11(2)17-19-16-6-5-14(10-23(16)21-17)18-9-15-12(3)20-22(7-8-24)13(15)4/h11,14,18,24H,5-10H2,1-4H3/t14-/m0/s1. The predicted molar refractivity (Wildman–Crippen MR) is 91.8 cm³/mol. The van der Waals surface area contributed by atoms with Crippen molar-refractivity contribution in [3.05, 3.63) is 28.6 Å². The van der Waals surface area contributed by atoms with Gasteiger partial charge in [-0.05, 0) is 20.3 Å². The number of nitrogens with one attached hydrogen (secondary N) is 1. The van der Waals surface area contributed by atoms with E-state index in [1.165, 1.54) is 5.56 Å². The van der Waals surface area contributed by atoms with Crippen LogP contribution < -0.4 is 5.32 Å². The quantitative estimate of drug-likeness (QED) is 0.834. The number of aliphatic hydroxyl groups excluding tert-OH is 1. The molecule has 1 atom stereocenters. The van der Waals surface area contributed by atoms with E-state index in [-0.39, 0.29) is 6.61 Å². The molecule has 7 heteroatoms. The molecule has 0 amide bonds. The topological polar surface area (TPSA) is 80.8 Å². The van der Waals surface area contributed by atoms with Crippen molar-refractivity contribution < 1.29 is 5.11 Å². The highest BCUT2D eigenvalue weighted by Gasteiger charge is 2.22. The molecule has 0 aliphatic carbocycles. The smallest absolute Gasteiger partial charge is 0.153 e. The molecule has 0 saturated heterocycles. The number of nitrogens with zero attached hydrogens (tertiary/aromatic N) is 5. The summed E-state index contributed by atoms with van der Waals surface area (Å²) in [7, 11) is 0. The van der Waals surface area contributed by atoms with E-state index >= 15 is 0 Å². The fourth-order valence-electron chi connectivity index (χ4n) is 3.29. The van der Waals surface area contributed by atoms with Gasteiger partial charge in [-0.1, -0.05) is 13.8 Å². The maximum Gasteiger partial charge on any atom is 0.153 e. The monoisotopic (exact) mass is 332 g/mol. The van der Waals surface area contributed by atoms with Gasteiger partial charge in [0.1, 0.15) is 5.82 Å². The van der Waals surface area contributed by atoms with Gasteiger partial charge in [0.2, 0.25) is 0 Å². The van der Waals surface area contributed by atoms with Crippen molar-refractivity contribution in [1.29, 1.82) is 0 Å². The molecule has 24 heavy (non-hydrogen) atoms. The summed E-state index contributed by atoms with van der Waals surface area (Å²) < 4.78 is 3.95. The largest absolute Gasteiger partial charge is 0.394 e. The van der Waals surface area contributed by atoms with E-state index in [0.29, 0.717) is 18.5 Å². The number of hydrogen-bond donors (Lipinski definition) is 2. The van der Waals surface area contributed by atoms with Gasteiger partial charge in [-0.15, -0.1) is 0 Å². The van der Waals surface area contributed by atoms with Crippen molar-refractivity contribution in [2.24, 2.45) is 0 Å². The summed E-state index contributed by atoms with van der Waals surface area (Å²) in [5.74, 6) is 2.43. The zero-order valence-corrected chi connectivity index (χ0v) is 15.1. The normalized spacial score (nSPS) is 17.5. The van der Waals surface area contributed by atoms with Gasteiger partial charge in [0.05, 0.1) is 25.4 Å². The minimum atomic E-state index is 0.116. The highest BCUT2D eigenvalue weighted by atomic mass is 16.3. The molecule has 132 valence electrons. The summed E-state index contributed by atoms with van der Waals surface area (Å²) >= 11 is 0. The van der Waals surface area contributed by atoms with Crippen LogP contribution in [-0.4, -0.2) is 42.3 Å². The van der Waals surface area contributed by atoms with Gasteiger partial charge in [-0.2, -0.15) is 10.2 Å². The summed E-state index contributed by atoms with van der Waals surface area (Å²) in [4.78, 5) is 4.64. The number of aliphatic hydroxyl groups is 1. The molecule has 3 rings (SSSR count). The molecule has 3 heterocycles. The Kier molecular flexibility index (Phi) is 5.01. The Morgan fingerprint density at radius 2 is 2.08 bits per heavy atom. The molecular weight excluding hydrogens is 304 g/mol. The van der Waals surface area contributed by atoms with Crippen LogP contribution in [0.4, 0.5) is 0 Å². The second kappa shape index (κ2) is 7.03. The van der Waals surface area contributed by atoms with Crippen molar-refractivity contribution >= 4 is 0 Å². The number of aryl methyl sites for hydroxylation is 2. The van der Waals surface area contributed by atoms with Gasteiger partial charge < -0.3 is 10.4 Å². The Morgan fingerprint density at radius 1 is 1.29 bits per heavy atom. The van der Waals surface area contributed by atoms with Crippen LogP contribution in [0.15, 0.2) is 0 Å². The van der Waals surface area contributed by atoms with Crippen LogP contribution in [0.3, 0.4) is 0 Å². The average molecular weight is 332 g/mol. The van der Waals surface area contributed by atoms with Crippen LogP contribution >= 0.6 is 0 Å². The van der Waals surface area contributed by atoms with E-state index in [4.69, 9.17) is 5.11 Å². The van der Waals surface area contributed by atoms with E-state index in [0.717, 1.165) is 49.0 Å². The third kappa shape index (κ3) is 3.37. The van der Waals surface area contributed by atoms with Crippen LogP contribution in [0.2, 0.25) is 0 Å². The molecule has 0 aromatic carbocycles. The molecule has 0 spiro atoms. The van der Waals surface area contributed by atoms with Gasteiger partial charge >= 0.3 is 0 Å². The predicted octanol–water partition coefficient (Wildman–Crippen LogP) is 1.31. The van der Waals surface area contributed by atoms with E-state index < -0.39 is 0 Å². The van der Waals surface area contributed by atoms with Gasteiger partial charge in [-0.25, -0.2) is 9.67 Å². The lowest BCUT2D eigenvalue weighted by molar-refractivity contribution is 0.267. The number of hydrogen-bond acceptors (Lipinski definition) is 5. The molecule has 0 fully saturated rings. The Bertz CT molecular complexity index is 702. The van der Waals surface area contributed by atoms with Crippen LogP contribution in [0, 0.1) is 13.8 Å². The summed E-state index contributed by atoms with van der Waals surface area (Å²) in [6.45, 7) is 10.7. The van der Waals surface area contributed by atoms with Crippen molar-refractivity contribution in [1.82, 2.24) is 29.9 Å². The second-order valence-electron chi connectivity index (χ2n) is 6.94. The summed E-state index contributed by atoms with van der Waals surface area (Å²) in [5.41, 5.74) is 3.40. The van der Waals surface area contributed by atoms with E-state index in [9.17, 15) is 0 Å². The fraction of sp³-hybridized carbons (Fsp3) is 0.706. The Balaban J connectivity index is 1.64. The first-order valence-electron chi connectivity index (χ1n) is 8.80. The minimum absolute atomic E-state index is 0.116. The van der Waals surface area contributed by atoms with Crippen LogP contribution in [0.5, 0.6) is 0 Å². The van der Waals surface area contributed by atoms with Crippen LogP contribution in [-0.2, 0) is 26.1 Å². The molecule has 0 unspecified atom stereocenters. The van der Waals surface area contributed by atoms with Crippen molar-refractivity contribution in [3.8, 4) is 0 Å². The molecule has 0 radical (unpaired) electrons. The molecule has 2 aromatic rings. The fourth-order valence-corrected chi connectivity index (χ4v) is 3.29. The van der Waals surface area contributed by atoms with Gasteiger partial charge in [0.25, 0.3) is 0 Å². The zero-order valence-electron chi connectivity index (χ0n) is 15.1. The lowest BCUT2D eigenvalue weighted by Gasteiger charge is -2.23. The summed E-state index contributed by atoms with van der Waals surface area (Å²) in [6, 6.07) is 0.402. The van der Waals surface area contributed by atoms with E-state index in [1.807, 2.05) is 11.6 Å². The zero-order chi connectivity index (χ0) is 17.3. The average Bonchev–Trinajstić information content (AvgIpc) is 3.08. The van der Waals surface area contributed by atoms with Crippen molar-refractivity contribution in [3.63, 3.8) is 0 Å². The van der Waals surface area contributed by atoms with Gasteiger partial charge in [0.15, 0.2) is 5.82 Å². The second-order valence-corrected chi connectivity index (χ2v) is 6.94. The highest BCUT2D eigenvalue weighted by molar-refractivity contribution is 5.24. The SMILES string of the molecule is Cc1nn(CCO)c(C)c1CN[C@H]1CCc2nc(C(C)C)nn2C1. The number of aromatic nitrogens is 5. The van der Waals surface area contributed by atoms with Gasteiger partial charge in [0, 0.05) is 36.2 Å².